The first-order valence-corrected chi connectivity index (χ1v) is 13.1. The van der Waals surface area contributed by atoms with Crippen molar-refractivity contribution in [1.29, 1.82) is 0 Å². The highest BCUT2D eigenvalue weighted by Crippen LogP contribution is 2.31. The second-order valence-corrected chi connectivity index (χ2v) is 10.3. The maximum atomic E-state index is 13.8. The van der Waals surface area contributed by atoms with Crippen LogP contribution in [-0.4, -0.2) is 62.1 Å². The van der Waals surface area contributed by atoms with Crippen LogP contribution in [0.2, 0.25) is 0 Å². The van der Waals surface area contributed by atoms with Gasteiger partial charge < -0.3 is 14.4 Å². The van der Waals surface area contributed by atoms with E-state index in [1.807, 2.05) is 12.3 Å². The average Bonchev–Trinajstić information content (AvgIpc) is 3.59. The van der Waals surface area contributed by atoms with E-state index < -0.39 is 5.79 Å². The number of aromatic nitrogens is 4. The minimum atomic E-state index is -0.549. The van der Waals surface area contributed by atoms with Gasteiger partial charge in [-0.15, -0.1) is 11.3 Å². The molecule has 3 aromatic heterocycles. The second-order valence-electron chi connectivity index (χ2n) is 9.45. The van der Waals surface area contributed by atoms with E-state index >= 15 is 0 Å². The summed E-state index contributed by atoms with van der Waals surface area (Å²) >= 11 is 1.33. The highest BCUT2D eigenvalue weighted by atomic mass is 32.1. The summed E-state index contributed by atoms with van der Waals surface area (Å²) in [5.74, 6) is -0.965. The van der Waals surface area contributed by atoms with Crippen LogP contribution in [0.5, 0.6) is 0 Å². The molecule has 0 atom stereocenters. The fraction of sp³-hybridized carbons (Fsp3) is 0.385. The van der Waals surface area contributed by atoms with Crippen LogP contribution < -0.4 is 5.56 Å². The molecule has 0 unspecified atom stereocenters. The van der Waals surface area contributed by atoms with Crippen molar-refractivity contribution < 1.29 is 18.7 Å². The van der Waals surface area contributed by atoms with Crippen molar-refractivity contribution in [2.24, 2.45) is 0 Å². The van der Waals surface area contributed by atoms with Crippen LogP contribution in [-0.2, 0) is 20.7 Å². The first kappa shape index (κ1) is 24.0. The monoisotopic (exact) mass is 523 g/mol. The van der Waals surface area contributed by atoms with E-state index in [0.717, 1.165) is 5.69 Å². The first-order valence-electron chi connectivity index (χ1n) is 12.2. The Kier molecular flexibility index (Phi) is 5.93. The van der Waals surface area contributed by atoms with E-state index in [4.69, 9.17) is 9.47 Å². The van der Waals surface area contributed by atoms with E-state index in [9.17, 15) is 14.0 Å². The van der Waals surface area contributed by atoms with Crippen LogP contribution in [0.1, 0.15) is 29.9 Å². The number of hydrogen-bond donors (Lipinski definition) is 0. The normalized spacial score (nSPS) is 17.2. The summed E-state index contributed by atoms with van der Waals surface area (Å²) in [5, 5.41) is 6.42. The number of aryl methyl sites for hydroxylation is 2. The van der Waals surface area contributed by atoms with Crippen LogP contribution in [0.4, 0.5) is 4.39 Å². The van der Waals surface area contributed by atoms with Crippen molar-refractivity contribution in [2.75, 3.05) is 26.3 Å². The molecular weight excluding hydrogens is 497 g/mol. The number of carbonyl (C=O) groups excluding carboxylic acids is 1. The molecule has 2 aliphatic heterocycles. The van der Waals surface area contributed by atoms with E-state index in [0.29, 0.717) is 72.4 Å². The molecule has 37 heavy (non-hydrogen) atoms. The number of amides is 1. The summed E-state index contributed by atoms with van der Waals surface area (Å²) in [7, 11) is 0. The van der Waals surface area contributed by atoms with Gasteiger partial charge in [-0.3, -0.25) is 14.0 Å². The molecule has 2 aliphatic rings. The number of fused-ring (bicyclic) bond motifs is 1. The molecule has 9 nitrogen and oxygen atoms in total. The molecule has 192 valence electrons. The molecule has 6 rings (SSSR count). The van der Waals surface area contributed by atoms with Crippen molar-refractivity contribution >= 4 is 22.2 Å². The molecule has 11 heteroatoms. The van der Waals surface area contributed by atoms with Crippen LogP contribution in [0, 0.1) is 19.7 Å². The average molecular weight is 524 g/mol. The van der Waals surface area contributed by atoms with Gasteiger partial charge in [0.2, 0.25) is 5.91 Å². The Morgan fingerprint density at radius 3 is 2.65 bits per heavy atom. The molecule has 2 saturated heterocycles. The number of benzene rings is 1. The third-order valence-corrected chi connectivity index (χ3v) is 7.92. The van der Waals surface area contributed by atoms with Gasteiger partial charge in [0.1, 0.15) is 11.5 Å². The Hall–Kier alpha value is -3.41. The molecule has 1 aromatic carbocycles. The topological polar surface area (TPSA) is 91.0 Å². The second kappa shape index (κ2) is 9.16. The Morgan fingerprint density at radius 2 is 1.92 bits per heavy atom. The van der Waals surface area contributed by atoms with Gasteiger partial charge in [0.05, 0.1) is 36.6 Å². The largest absolute Gasteiger partial charge is 0.347 e. The minimum Gasteiger partial charge on any atom is -0.347 e. The Bertz CT molecular complexity index is 1560. The molecule has 0 aliphatic carbocycles. The van der Waals surface area contributed by atoms with Crippen LogP contribution >= 0.6 is 11.3 Å². The lowest BCUT2D eigenvalue weighted by Crippen LogP contribution is -2.47. The zero-order chi connectivity index (χ0) is 25.7. The molecule has 1 amide bonds. The maximum Gasteiger partial charge on any atom is 0.268 e. The number of hydrogen-bond acceptors (Lipinski definition) is 7. The molecule has 2 fully saturated rings. The number of ether oxygens (including phenoxy) is 2. The Labute approximate surface area is 216 Å². The van der Waals surface area contributed by atoms with Crippen molar-refractivity contribution in [1.82, 2.24) is 24.1 Å². The predicted molar refractivity (Wildman–Crippen MR) is 135 cm³/mol. The zero-order valence-electron chi connectivity index (χ0n) is 20.6. The smallest absolute Gasteiger partial charge is 0.268 e. The number of likely N-dealkylation sites (tertiary alicyclic amines) is 1. The van der Waals surface area contributed by atoms with Crippen molar-refractivity contribution in [3.63, 3.8) is 0 Å². The van der Waals surface area contributed by atoms with Crippen LogP contribution in [0.25, 0.3) is 21.9 Å². The number of thiazole rings is 1. The van der Waals surface area contributed by atoms with Crippen LogP contribution in [0.15, 0.2) is 40.5 Å². The predicted octanol–water partition coefficient (Wildman–Crippen LogP) is 3.27. The fourth-order valence-electron chi connectivity index (χ4n) is 5.14. The lowest BCUT2D eigenvalue weighted by Gasteiger charge is -2.37. The van der Waals surface area contributed by atoms with Gasteiger partial charge in [-0.25, -0.2) is 14.1 Å². The lowest BCUT2D eigenvalue weighted by atomic mass is 10.0. The van der Waals surface area contributed by atoms with Crippen molar-refractivity contribution in [2.45, 2.75) is 38.9 Å². The van der Waals surface area contributed by atoms with Gasteiger partial charge >= 0.3 is 0 Å². The van der Waals surface area contributed by atoms with E-state index in [-0.39, 0.29) is 23.7 Å². The highest BCUT2D eigenvalue weighted by molar-refractivity contribution is 7.15. The van der Waals surface area contributed by atoms with Gasteiger partial charge in [-0.1, -0.05) is 6.07 Å². The van der Waals surface area contributed by atoms with Gasteiger partial charge in [0.15, 0.2) is 10.7 Å². The quantitative estimate of drug-likeness (QED) is 0.408. The fourth-order valence-corrected chi connectivity index (χ4v) is 6.06. The zero-order valence-corrected chi connectivity index (χ0v) is 21.4. The molecular formula is C26H26FN5O4S. The summed E-state index contributed by atoms with van der Waals surface area (Å²) in [6, 6.07) is 7.92. The first-order chi connectivity index (χ1) is 17.8. The molecule has 0 bridgehead atoms. The Morgan fingerprint density at radius 1 is 1.16 bits per heavy atom. The number of rotatable bonds is 4. The standard InChI is InChI=1S/C26H26FN5O4S/c1-16-12-21(29-32(16)19-5-3-4-18(27)13-19)23-17(2)28-25-31(24(23)34)20(15-37-25)14-22(33)30-8-6-26(7-9-30)35-10-11-36-26/h3-5,12-13,15H,6-11,14H2,1-2H3. The number of nitrogens with zero attached hydrogens (tertiary/aromatic N) is 5. The molecule has 1 spiro atoms. The molecule has 0 N–H and O–H groups in total. The van der Waals surface area contributed by atoms with E-state index in [1.54, 1.807) is 34.7 Å². The van der Waals surface area contributed by atoms with E-state index in [1.165, 1.54) is 27.9 Å². The maximum absolute atomic E-state index is 13.8. The summed E-state index contributed by atoms with van der Waals surface area (Å²) in [6.07, 6.45) is 1.37. The number of piperidine rings is 1. The number of carbonyl (C=O) groups is 1. The summed E-state index contributed by atoms with van der Waals surface area (Å²) in [6.45, 7) is 5.90. The molecule has 0 saturated carbocycles. The molecule has 4 aromatic rings. The van der Waals surface area contributed by atoms with Gasteiger partial charge in [-0.2, -0.15) is 5.10 Å². The summed E-state index contributed by atoms with van der Waals surface area (Å²) in [5.41, 5.74) is 2.99. The molecule has 5 heterocycles. The van der Waals surface area contributed by atoms with Crippen molar-refractivity contribution in [3.05, 3.63) is 69.0 Å². The molecule has 0 radical (unpaired) electrons. The van der Waals surface area contributed by atoms with Crippen LogP contribution in [0.3, 0.4) is 0 Å². The third kappa shape index (κ3) is 4.26. The SMILES string of the molecule is Cc1nc2scc(CC(=O)N3CCC4(CC3)OCCO4)n2c(=O)c1-c1cc(C)n(-c2cccc(F)c2)n1. The third-order valence-electron chi connectivity index (χ3n) is 7.04. The summed E-state index contributed by atoms with van der Waals surface area (Å²) in [4.78, 5) is 33.9. The van der Waals surface area contributed by atoms with Crippen molar-refractivity contribution in [3.8, 4) is 16.9 Å². The van der Waals surface area contributed by atoms with Gasteiger partial charge in [0.25, 0.3) is 5.56 Å². The number of halogens is 1. The van der Waals surface area contributed by atoms with Gasteiger partial charge in [0, 0.05) is 42.7 Å². The Balaban J connectivity index is 1.30. The van der Waals surface area contributed by atoms with Gasteiger partial charge in [-0.05, 0) is 38.1 Å². The summed E-state index contributed by atoms with van der Waals surface area (Å²) < 4.78 is 28.4. The van der Waals surface area contributed by atoms with E-state index in [2.05, 4.69) is 10.1 Å². The highest BCUT2D eigenvalue weighted by Gasteiger charge is 2.40. The lowest BCUT2D eigenvalue weighted by molar-refractivity contribution is -0.187. The minimum absolute atomic E-state index is 0.0483.